The van der Waals surface area contributed by atoms with Crippen LogP contribution in [-0.4, -0.2) is 15.4 Å². The Kier molecular flexibility index (Phi) is 3.97. The molecule has 5 rings (SSSR count). The molecule has 0 saturated carbocycles. The zero-order valence-electron chi connectivity index (χ0n) is 16.8. The number of amides is 1. The van der Waals surface area contributed by atoms with E-state index < -0.39 is 0 Å². The maximum absolute atomic E-state index is 13.4. The van der Waals surface area contributed by atoms with Gasteiger partial charge in [0.2, 0.25) is 0 Å². The van der Waals surface area contributed by atoms with E-state index in [0.29, 0.717) is 6.54 Å². The molecule has 0 radical (unpaired) electrons. The van der Waals surface area contributed by atoms with Crippen molar-refractivity contribution in [1.82, 2.24) is 9.47 Å². The van der Waals surface area contributed by atoms with E-state index in [1.165, 1.54) is 34.2 Å². The standard InChI is InChI=1S/C24H26N2O2/c1-15-12-13-17(28-15)14-26-23(18-8-4-5-9-19(18)24(26)27)22-16(2)25(3)21-11-7-6-10-20(21)22/h6-7,10-13,23H,4-5,8-9,14H2,1-3H3/t23-/m1/s1. The molecule has 1 aliphatic heterocycles. The van der Waals surface area contributed by atoms with Crippen LogP contribution in [0.5, 0.6) is 0 Å². The molecule has 0 N–H and O–H groups in total. The van der Waals surface area contributed by atoms with Crippen molar-refractivity contribution in [2.24, 2.45) is 7.05 Å². The summed E-state index contributed by atoms with van der Waals surface area (Å²) in [5.74, 6) is 1.94. The third-order valence-corrected chi connectivity index (χ3v) is 6.52. The van der Waals surface area contributed by atoms with Crippen LogP contribution < -0.4 is 0 Å². The maximum atomic E-state index is 13.4. The Hall–Kier alpha value is -2.75. The lowest BCUT2D eigenvalue weighted by atomic mass is 9.87. The third kappa shape index (κ3) is 2.47. The molecule has 0 spiro atoms. The van der Waals surface area contributed by atoms with E-state index >= 15 is 0 Å². The lowest BCUT2D eigenvalue weighted by molar-refractivity contribution is -0.128. The second-order valence-electron chi connectivity index (χ2n) is 8.13. The van der Waals surface area contributed by atoms with Crippen molar-refractivity contribution in [2.75, 3.05) is 0 Å². The molecule has 1 amide bonds. The Bertz CT molecular complexity index is 1120. The van der Waals surface area contributed by atoms with Gasteiger partial charge in [-0.2, -0.15) is 0 Å². The van der Waals surface area contributed by atoms with E-state index in [1.807, 2.05) is 24.0 Å². The van der Waals surface area contributed by atoms with Gasteiger partial charge in [0.25, 0.3) is 5.91 Å². The largest absolute Gasteiger partial charge is 0.464 e. The Morgan fingerprint density at radius 3 is 2.64 bits per heavy atom. The van der Waals surface area contributed by atoms with Crippen LogP contribution >= 0.6 is 0 Å². The molecule has 4 nitrogen and oxygen atoms in total. The second kappa shape index (κ2) is 6.40. The molecule has 0 unspecified atom stereocenters. The highest BCUT2D eigenvalue weighted by Crippen LogP contribution is 2.48. The summed E-state index contributed by atoms with van der Waals surface area (Å²) in [6.07, 6.45) is 4.20. The first-order valence-corrected chi connectivity index (χ1v) is 10.2. The van der Waals surface area contributed by atoms with Crippen LogP contribution in [0.15, 0.2) is 52.0 Å². The average molecular weight is 374 g/mol. The van der Waals surface area contributed by atoms with Gasteiger partial charge in [-0.1, -0.05) is 18.2 Å². The average Bonchev–Trinajstić information content (AvgIpc) is 3.32. The zero-order chi connectivity index (χ0) is 19.4. The number of hydrogen-bond acceptors (Lipinski definition) is 2. The molecule has 2 aromatic heterocycles. The van der Waals surface area contributed by atoms with Crippen LogP contribution in [0.1, 0.15) is 54.5 Å². The smallest absolute Gasteiger partial charge is 0.251 e. The Morgan fingerprint density at radius 1 is 1.07 bits per heavy atom. The molecular formula is C24H26N2O2. The summed E-state index contributed by atoms with van der Waals surface area (Å²) in [6, 6.07) is 12.5. The van der Waals surface area contributed by atoms with Gasteiger partial charge in [0.1, 0.15) is 11.5 Å². The minimum absolute atomic E-state index is 0.0132. The molecule has 3 heterocycles. The molecule has 144 valence electrons. The molecule has 28 heavy (non-hydrogen) atoms. The minimum atomic E-state index is 0.0132. The summed E-state index contributed by atoms with van der Waals surface area (Å²) in [5, 5.41) is 1.25. The highest BCUT2D eigenvalue weighted by atomic mass is 16.3. The maximum Gasteiger partial charge on any atom is 0.251 e. The summed E-state index contributed by atoms with van der Waals surface area (Å²) in [5.41, 5.74) is 6.12. The number of carbonyl (C=O) groups excluding carboxylic acids is 1. The zero-order valence-corrected chi connectivity index (χ0v) is 16.8. The monoisotopic (exact) mass is 374 g/mol. The summed E-state index contributed by atoms with van der Waals surface area (Å²) in [4.78, 5) is 15.5. The first-order chi connectivity index (χ1) is 13.6. The van der Waals surface area contributed by atoms with E-state index in [1.54, 1.807) is 0 Å². The fraction of sp³-hybridized carbons (Fsp3) is 0.375. The van der Waals surface area contributed by atoms with Gasteiger partial charge in [-0.3, -0.25) is 4.79 Å². The minimum Gasteiger partial charge on any atom is -0.464 e. The number of rotatable bonds is 3. The van der Waals surface area contributed by atoms with Gasteiger partial charge in [-0.05, 0) is 63.3 Å². The van der Waals surface area contributed by atoms with E-state index in [9.17, 15) is 4.79 Å². The van der Waals surface area contributed by atoms with Crippen molar-refractivity contribution in [1.29, 1.82) is 0 Å². The second-order valence-corrected chi connectivity index (χ2v) is 8.13. The number of carbonyl (C=O) groups is 1. The molecule has 4 heteroatoms. The fourth-order valence-electron chi connectivity index (χ4n) is 5.08. The molecule has 0 fully saturated rings. The van der Waals surface area contributed by atoms with Gasteiger partial charge in [-0.15, -0.1) is 0 Å². The number of hydrogen-bond donors (Lipinski definition) is 0. The van der Waals surface area contributed by atoms with E-state index in [4.69, 9.17) is 4.42 Å². The highest BCUT2D eigenvalue weighted by molar-refractivity contribution is 5.99. The number of aryl methyl sites for hydroxylation is 2. The van der Waals surface area contributed by atoms with Crippen LogP contribution in [-0.2, 0) is 18.4 Å². The Morgan fingerprint density at radius 2 is 1.86 bits per heavy atom. The van der Waals surface area contributed by atoms with Gasteiger partial charge in [0.05, 0.1) is 12.6 Å². The van der Waals surface area contributed by atoms with Gasteiger partial charge in [0, 0.05) is 34.8 Å². The Balaban J connectivity index is 1.69. The topological polar surface area (TPSA) is 38.4 Å². The van der Waals surface area contributed by atoms with Gasteiger partial charge < -0.3 is 13.9 Å². The predicted octanol–water partition coefficient (Wildman–Crippen LogP) is 5.34. The molecule has 3 aromatic rings. The summed E-state index contributed by atoms with van der Waals surface area (Å²) in [7, 11) is 2.12. The molecule has 0 bridgehead atoms. The SMILES string of the molecule is Cc1ccc(CN2C(=O)C3=C(CCCC3)[C@@H]2c2c(C)n(C)c3ccccc23)o1. The quantitative estimate of drug-likeness (QED) is 0.620. The normalized spacial score (nSPS) is 19.8. The van der Waals surface area contributed by atoms with Crippen LogP contribution in [0.2, 0.25) is 0 Å². The first-order valence-electron chi connectivity index (χ1n) is 10.2. The lowest BCUT2D eigenvalue weighted by Crippen LogP contribution is -2.30. The van der Waals surface area contributed by atoms with E-state index in [-0.39, 0.29) is 11.9 Å². The molecule has 1 aliphatic carbocycles. The lowest BCUT2D eigenvalue weighted by Gasteiger charge is -2.28. The van der Waals surface area contributed by atoms with Crippen molar-refractivity contribution in [3.05, 3.63) is 70.3 Å². The summed E-state index contributed by atoms with van der Waals surface area (Å²) in [6.45, 7) is 4.65. The molecular weight excluding hydrogens is 348 g/mol. The van der Waals surface area contributed by atoms with Crippen LogP contribution in [0.25, 0.3) is 10.9 Å². The molecule has 1 atom stereocenters. The molecule has 1 aromatic carbocycles. The van der Waals surface area contributed by atoms with Crippen molar-refractivity contribution in [3.63, 3.8) is 0 Å². The predicted molar refractivity (Wildman–Crippen MR) is 110 cm³/mol. The molecule has 2 aliphatic rings. The number of benzene rings is 1. The highest BCUT2D eigenvalue weighted by Gasteiger charge is 2.42. The van der Waals surface area contributed by atoms with Crippen LogP contribution in [0.4, 0.5) is 0 Å². The fourth-order valence-corrected chi connectivity index (χ4v) is 5.08. The first kappa shape index (κ1) is 17.4. The Labute approximate surface area is 165 Å². The number of nitrogens with zero attached hydrogens (tertiary/aromatic N) is 2. The van der Waals surface area contributed by atoms with Crippen molar-refractivity contribution < 1.29 is 9.21 Å². The van der Waals surface area contributed by atoms with E-state index in [0.717, 1.165) is 36.4 Å². The van der Waals surface area contributed by atoms with Crippen LogP contribution in [0.3, 0.4) is 0 Å². The number of fused-ring (bicyclic) bond motifs is 1. The number of aromatic nitrogens is 1. The summed E-state index contributed by atoms with van der Waals surface area (Å²) < 4.78 is 8.09. The summed E-state index contributed by atoms with van der Waals surface area (Å²) >= 11 is 0. The van der Waals surface area contributed by atoms with Gasteiger partial charge in [0.15, 0.2) is 0 Å². The molecule has 0 saturated heterocycles. The van der Waals surface area contributed by atoms with Crippen molar-refractivity contribution in [2.45, 2.75) is 52.1 Å². The van der Waals surface area contributed by atoms with Crippen molar-refractivity contribution >= 4 is 16.8 Å². The van der Waals surface area contributed by atoms with Gasteiger partial charge in [-0.25, -0.2) is 0 Å². The van der Waals surface area contributed by atoms with E-state index in [2.05, 4.69) is 42.8 Å². The van der Waals surface area contributed by atoms with Crippen LogP contribution in [0, 0.1) is 13.8 Å². The van der Waals surface area contributed by atoms with Gasteiger partial charge >= 0.3 is 0 Å². The number of furan rings is 1. The van der Waals surface area contributed by atoms with Crippen molar-refractivity contribution in [3.8, 4) is 0 Å². The third-order valence-electron chi connectivity index (χ3n) is 6.52. The number of para-hydroxylation sites is 1.